The van der Waals surface area contributed by atoms with Crippen LogP contribution in [0.15, 0.2) is 0 Å². The molecule has 0 amide bonds. The largest absolute Gasteiger partial charge is 0.298 e. The number of hydrogen-bond acceptors (Lipinski definition) is 3. The number of hydrogen-bond donors (Lipinski definition) is 0. The van der Waals surface area contributed by atoms with E-state index in [1.54, 1.807) is 0 Å². The molecule has 0 N–H and O–H groups in total. The fourth-order valence-corrected chi connectivity index (χ4v) is 1.14. The molecule has 1 atom stereocenters. The van der Waals surface area contributed by atoms with Crippen molar-refractivity contribution in [2.45, 2.75) is 27.7 Å². The van der Waals surface area contributed by atoms with E-state index in [0.717, 1.165) is 6.54 Å². The summed E-state index contributed by atoms with van der Waals surface area (Å²) in [4.78, 5) is 13.5. The van der Waals surface area contributed by atoms with Gasteiger partial charge >= 0.3 is 0 Å². The van der Waals surface area contributed by atoms with Crippen LogP contribution in [0.3, 0.4) is 0 Å². The highest BCUT2D eigenvalue weighted by Crippen LogP contribution is 2.01. The molecule has 3 heteroatoms. The minimum absolute atomic E-state index is 0.00471. The van der Waals surface area contributed by atoms with Crippen LogP contribution in [0, 0.1) is 23.2 Å². The van der Waals surface area contributed by atoms with Crippen molar-refractivity contribution in [3.8, 4) is 6.07 Å². The monoisotopic (exact) mass is 196 g/mol. The first-order valence-corrected chi connectivity index (χ1v) is 5.15. The minimum Gasteiger partial charge on any atom is -0.298 e. The van der Waals surface area contributed by atoms with Gasteiger partial charge in [0.05, 0.1) is 18.5 Å². The maximum absolute atomic E-state index is 11.5. The Morgan fingerprint density at radius 2 is 2.00 bits per heavy atom. The van der Waals surface area contributed by atoms with Crippen LogP contribution < -0.4 is 0 Å². The van der Waals surface area contributed by atoms with Crippen molar-refractivity contribution in [2.75, 3.05) is 19.6 Å². The smallest absolute Gasteiger partial charge is 0.149 e. The molecule has 0 radical (unpaired) electrons. The first kappa shape index (κ1) is 13.1. The van der Waals surface area contributed by atoms with Gasteiger partial charge in [-0.15, -0.1) is 0 Å². The fraction of sp³-hybridized carbons (Fsp3) is 0.818. The summed E-state index contributed by atoms with van der Waals surface area (Å²) >= 11 is 0. The van der Waals surface area contributed by atoms with Gasteiger partial charge in [-0.25, -0.2) is 0 Å². The number of Topliss-reactive ketones (excluding diaryl/α,β-unsaturated/α-hetero) is 1. The fourth-order valence-electron chi connectivity index (χ4n) is 1.14. The molecule has 0 aliphatic carbocycles. The number of nitrogens with zero attached hydrogens (tertiary/aromatic N) is 2. The maximum Gasteiger partial charge on any atom is 0.149 e. The molecule has 0 aromatic carbocycles. The summed E-state index contributed by atoms with van der Waals surface area (Å²) in [5, 5.41) is 8.66. The van der Waals surface area contributed by atoms with E-state index >= 15 is 0 Å². The molecule has 0 aromatic rings. The van der Waals surface area contributed by atoms with Crippen LogP contribution >= 0.6 is 0 Å². The third-order valence-electron chi connectivity index (χ3n) is 2.22. The zero-order valence-electron chi connectivity index (χ0n) is 9.58. The van der Waals surface area contributed by atoms with Gasteiger partial charge in [0.1, 0.15) is 5.78 Å². The summed E-state index contributed by atoms with van der Waals surface area (Å²) in [5.41, 5.74) is 0. The molecule has 0 spiro atoms. The predicted molar refractivity (Wildman–Crippen MR) is 56.7 cm³/mol. The molecule has 0 aliphatic rings. The standard InChI is InChI=1S/C11H20N2O/c1-5-13(7-10(4)6-12)8-11(14)9(2)3/h9-10H,5,7-8H2,1-4H3. The average molecular weight is 196 g/mol. The Morgan fingerprint density at radius 1 is 1.43 bits per heavy atom. The van der Waals surface area contributed by atoms with E-state index in [1.165, 1.54) is 0 Å². The van der Waals surface area contributed by atoms with Gasteiger partial charge in [0, 0.05) is 12.5 Å². The lowest BCUT2D eigenvalue weighted by Crippen LogP contribution is -2.34. The Morgan fingerprint density at radius 3 is 2.36 bits per heavy atom. The van der Waals surface area contributed by atoms with Crippen LogP contribution in [0.1, 0.15) is 27.7 Å². The topological polar surface area (TPSA) is 44.1 Å². The van der Waals surface area contributed by atoms with E-state index < -0.39 is 0 Å². The van der Waals surface area contributed by atoms with Crippen LogP contribution in [0.5, 0.6) is 0 Å². The van der Waals surface area contributed by atoms with E-state index in [4.69, 9.17) is 5.26 Å². The molecule has 0 aromatic heterocycles. The zero-order valence-corrected chi connectivity index (χ0v) is 9.58. The maximum atomic E-state index is 11.5. The Kier molecular flexibility index (Phi) is 6.14. The summed E-state index contributed by atoms with van der Waals surface area (Å²) < 4.78 is 0. The van der Waals surface area contributed by atoms with Crippen molar-refractivity contribution in [3.63, 3.8) is 0 Å². The van der Waals surface area contributed by atoms with Gasteiger partial charge in [0.2, 0.25) is 0 Å². The second-order valence-corrected chi connectivity index (χ2v) is 3.98. The highest BCUT2D eigenvalue weighted by atomic mass is 16.1. The highest BCUT2D eigenvalue weighted by molar-refractivity contribution is 5.82. The summed E-state index contributed by atoms with van der Waals surface area (Å²) in [6, 6.07) is 2.18. The summed E-state index contributed by atoms with van der Waals surface area (Å²) in [5.74, 6) is 0.327. The number of carbonyl (C=O) groups is 1. The van der Waals surface area contributed by atoms with Gasteiger partial charge in [-0.3, -0.25) is 9.69 Å². The van der Waals surface area contributed by atoms with Gasteiger partial charge in [0.15, 0.2) is 0 Å². The number of ketones is 1. The summed E-state index contributed by atoms with van der Waals surface area (Å²) in [6.45, 7) is 9.68. The zero-order chi connectivity index (χ0) is 11.1. The van der Waals surface area contributed by atoms with Crippen molar-refractivity contribution in [1.29, 1.82) is 5.26 Å². The molecule has 1 unspecified atom stereocenters. The van der Waals surface area contributed by atoms with E-state index in [9.17, 15) is 4.79 Å². The Bertz CT molecular complexity index is 218. The Balaban J connectivity index is 4.04. The second-order valence-electron chi connectivity index (χ2n) is 3.98. The second kappa shape index (κ2) is 6.56. The Hall–Kier alpha value is -0.880. The van der Waals surface area contributed by atoms with E-state index in [0.29, 0.717) is 13.1 Å². The molecular formula is C11H20N2O. The number of nitriles is 1. The predicted octanol–water partition coefficient (Wildman–Crippen LogP) is 1.69. The number of carbonyl (C=O) groups excluding carboxylic acids is 1. The lowest BCUT2D eigenvalue weighted by molar-refractivity contribution is -0.123. The van der Waals surface area contributed by atoms with Gasteiger partial charge < -0.3 is 0 Å². The van der Waals surface area contributed by atoms with Crippen LogP contribution in [-0.2, 0) is 4.79 Å². The highest BCUT2D eigenvalue weighted by Gasteiger charge is 2.14. The number of rotatable bonds is 6. The van der Waals surface area contributed by atoms with Gasteiger partial charge in [-0.1, -0.05) is 20.8 Å². The normalized spacial score (nSPS) is 12.9. The lowest BCUT2D eigenvalue weighted by atomic mass is 10.1. The molecule has 80 valence electrons. The van der Waals surface area contributed by atoms with Crippen molar-refractivity contribution >= 4 is 5.78 Å². The van der Waals surface area contributed by atoms with Gasteiger partial charge in [-0.05, 0) is 13.5 Å². The molecule has 3 nitrogen and oxygen atoms in total. The van der Waals surface area contributed by atoms with E-state index in [2.05, 4.69) is 6.07 Å². The van der Waals surface area contributed by atoms with Crippen molar-refractivity contribution in [3.05, 3.63) is 0 Å². The Labute approximate surface area is 86.7 Å². The molecule has 0 saturated heterocycles. The first-order valence-electron chi connectivity index (χ1n) is 5.15. The molecule has 0 bridgehead atoms. The SMILES string of the molecule is CCN(CC(=O)C(C)C)CC(C)C#N. The lowest BCUT2D eigenvalue weighted by Gasteiger charge is -2.21. The molecule has 0 rings (SSSR count). The minimum atomic E-state index is -0.00471. The van der Waals surface area contributed by atoms with Crippen LogP contribution in [0.25, 0.3) is 0 Å². The van der Waals surface area contributed by atoms with Gasteiger partial charge in [0.25, 0.3) is 0 Å². The van der Waals surface area contributed by atoms with Crippen molar-refractivity contribution < 1.29 is 4.79 Å². The first-order chi connectivity index (χ1) is 6.51. The van der Waals surface area contributed by atoms with Crippen molar-refractivity contribution in [2.24, 2.45) is 11.8 Å². The van der Waals surface area contributed by atoms with Crippen LogP contribution in [0.4, 0.5) is 0 Å². The molecule has 0 saturated carbocycles. The van der Waals surface area contributed by atoms with E-state index in [1.807, 2.05) is 32.6 Å². The molecule has 0 aliphatic heterocycles. The average Bonchev–Trinajstić information content (AvgIpc) is 2.16. The summed E-state index contributed by atoms with van der Waals surface area (Å²) in [6.07, 6.45) is 0. The van der Waals surface area contributed by atoms with Crippen molar-refractivity contribution in [1.82, 2.24) is 4.90 Å². The third kappa shape index (κ3) is 4.98. The number of likely N-dealkylation sites (N-methyl/N-ethyl adjacent to an activating group) is 1. The van der Waals surface area contributed by atoms with E-state index in [-0.39, 0.29) is 17.6 Å². The third-order valence-corrected chi connectivity index (χ3v) is 2.22. The molecule has 0 fully saturated rings. The summed E-state index contributed by atoms with van der Waals surface area (Å²) in [7, 11) is 0. The van der Waals surface area contributed by atoms with Gasteiger partial charge in [-0.2, -0.15) is 5.26 Å². The molecular weight excluding hydrogens is 176 g/mol. The quantitative estimate of drug-likeness (QED) is 0.649. The molecule has 0 heterocycles. The molecule has 14 heavy (non-hydrogen) atoms. The van der Waals surface area contributed by atoms with Crippen LogP contribution in [-0.4, -0.2) is 30.3 Å². The van der Waals surface area contributed by atoms with Crippen LogP contribution in [0.2, 0.25) is 0 Å².